The van der Waals surface area contributed by atoms with Crippen molar-refractivity contribution in [1.82, 2.24) is 10.6 Å². The topological polar surface area (TPSA) is 64.1 Å². The lowest BCUT2D eigenvalue weighted by molar-refractivity contribution is 0.0513. The summed E-state index contributed by atoms with van der Waals surface area (Å²) < 4.78 is 16.8. The molecule has 0 saturated carbocycles. The molecular weight excluding hydrogens is 517 g/mol. The molecule has 2 aliphatic heterocycles. The highest BCUT2D eigenvalue weighted by Crippen LogP contribution is 2.40. The van der Waals surface area contributed by atoms with E-state index in [0.717, 1.165) is 56.6 Å². The summed E-state index contributed by atoms with van der Waals surface area (Å²) >= 11 is 0. The monoisotopic (exact) mass is 551 g/mol. The molecule has 0 bridgehead atoms. The third-order valence-corrected chi connectivity index (χ3v) is 6.47. The first-order chi connectivity index (χ1) is 15.1. The van der Waals surface area contributed by atoms with Gasteiger partial charge in [0.1, 0.15) is 0 Å². The maximum Gasteiger partial charge on any atom is 0.231 e. The van der Waals surface area contributed by atoms with Gasteiger partial charge in [-0.2, -0.15) is 0 Å². The third-order valence-electron chi connectivity index (χ3n) is 6.47. The summed E-state index contributed by atoms with van der Waals surface area (Å²) in [4.78, 5) is 4.45. The van der Waals surface area contributed by atoms with Crippen molar-refractivity contribution in [2.75, 3.05) is 40.1 Å². The first kappa shape index (κ1) is 24.6. The smallest absolute Gasteiger partial charge is 0.231 e. The van der Waals surface area contributed by atoms with E-state index in [0.29, 0.717) is 12.7 Å². The predicted octanol–water partition coefficient (Wildman–Crippen LogP) is 4.36. The van der Waals surface area contributed by atoms with Crippen LogP contribution in [0.15, 0.2) is 47.5 Å². The number of aryl methyl sites for hydroxylation is 1. The summed E-state index contributed by atoms with van der Waals surface area (Å²) in [5, 5.41) is 7.07. The van der Waals surface area contributed by atoms with Gasteiger partial charge in [0.15, 0.2) is 17.5 Å². The van der Waals surface area contributed by atoms with Gasteiger partial charge in [0.2, 0.25) is 6.79 Å². The van der Waals surface area contributed by atoms with E-state index >= 15 is 0 Å². The van der Waals surface area contributed by atoms with Crippen molar-refractivity contribution in [3.05, 3.63) is 59.2 Å². The Morgan fingerprint density at radius 3 is 2.47 bits per heavy atom. The number of nitrogens with zero attached hydrogens (tertiary/aromatic N) is 1. The minimum Gasteiger partial charge on any atom is -0.454 e. The number of guanidine groups is 1. The molecule has 1 saturated heterocycles. The summed E-state index contributed by atoms with van der Waals surface area (Å²) in [7, 11) is 1.82. The lowest BCUT2D eigenvalue weighted by atomic mass is 9.74. The number of rotatable bonds is 6. The quantitative estimate of drug-likeness (QED) is 0.318. The lowest BCUT2D eigenvalue weighted by Gasteiger charge is -2.38. The standard InChI is InChI=1S/C25H33N3O3.HI/c1-18-4-6-20(7-5-18)19(2)15-27-24(26-3)28-16-25(10-12-29-13-11-25)21-8-9-22-23(14-21)31-17-30-22;/h4-9,14,19H,10-13,15-17H2,1-3H3,(H2,26,27,28);1H. The van der Waals surface area contributed by atoms with E-state index in [2.05, 4.69) is 65.9 Å². The van der Waals surface area contributed by atoms with Crippen molar-refractivity contribution in [1.29, 1.82) is 0 Å². The van der Waals surface area contributed by atoms with Gasteiger partial charge < -0.3 is 24.8 Å². The largest absolute Gasteiger partial charge is 0.454 e. The summed E-state index contributed by atoms with van der Waals surface area (Å²) in [5.41, 5.74) is 3.84. The molecule has 1 fully saturated rings. The van der Waals surface area contributed by atoms with E-state index in [-0.39, 0.29) is 29.4 Å². The predicted molar refractivity (Wildman–Crippen MR) is 139 cm³/mol. The fourth-order valence-electron chi connectivity index (χ4n) is 4.29. The van der Waals surface area contributed by atoms with Crippen LogP contribution in [0.3, 0.4) is 0 Å². The molecule has 0 radical (unpaired) electrons. The Balaban J connectivity index is 0.00000289. The zero-order chi connectivity index (χ0) is 21.7. The molecule has 2 aliphatic rings. The second-order valence-corrected chi connectivity index (χ2v) is 8.58. The van der Waals surface area contributed by atoms with Gasteiger partial charge in [-0.1, -0.05) is 42.8 Å². The summed E-state index contributed by atoms with van der Waals surface area (Å²) in [6, 6.07) is 15.0. The van der Waals surface area contributed by atoms with Crippen LogP contribution in [0.25, 0.3) is 0 Å². The molecule has 1 atom stereocenters. The molecule has 2 aromatic rings. The Labute approximate surface area is 208 Å². The fraction of sp³-hybridized carbons (Fsp3) is 0.480. The van der Waals surface area contributed by atoms with Gasteiger partial charge in [0.05, 0.1) is 0 Å². The number of fused-ring (bicyclic) bond motifs is 1. The van der Waals surface area contributed by atoms with Gasteiger partial charge in [0, 0.05) is 38.8 Å². The highest BCUT2D eigenvalue weighted by Gasteiger charge is 2.35. The van der Waals surface area contributed by atoms with Crippen LogP contribution in [0.1, 0.15) is 42.4 Å². The van der Waals surface area contributed by atoms with Gasteiger partial charge in [-0.15, -0.1) is 24.0 Å². The molecule has 2 heterocycles. The SMILES string of the molecule is CN=C(NCC(C)c1ccc(C)cc1)NCC1(c2ccc3c(c2)OCO3)CCOCC1.I. The molecule has 0 aliphatic carbocycles. The normalized spacial score (nSPS) is 17.9. The van der Waals surface area contributed by atoms with Crippen LogP contribution in [-0.2, 0) is 10.2 Å². The highest BCUT2D eigenvalue weighted by molar-refractivity contribution is 14.0. The Morgan fingerprint density at radius 1 is 1.03 bits per heavy atom. The Kier molecular flexibility index (Phi) is 8.64. The van der Waals surface area contributed by atoms with Crippen LogP contribution in [0.5, 0.6) is 11.5 Å². The first-order valence-electron chi connectivity index (χ1n) is 11.1. The fourth-order valence-corrected chi connectivity index (χ4v) is 4.29. The van der Waals surface area contributed by atoms with E-state index in [9.17, 15) is 0 Å². The van der Waals surface area contributed by atoms with E-state index in [1.165, 1.54) is 16.7 Å². The average Bonchev–Trinajstić information content (AvgIpc) is 3.28. The molecule has 7 heteroatoms. The Morgan fingerprint density at radius 2 is 1.75 bits per heavy atom. The molecule has 6 nitrogen and oxygen atoms in total. The van der Waals surface area contributed by atoms with E-state index in [1.807, 2.05) is 13.1 Å². The van der Waals surface area contributed by atoms with Crippen molar-refractivity contribution >= 4 is 29.9 Å². The summed E-state index contributed by atoms with van der Waals surface area (Å²) in [6.07, 6.45) is 1.91. The maximum atomic E-state index is 5.68. The molecule has 2 N–H and O–H groups in total. The van der Waals surface area contributed by atoms with Crippen LogP contribution >= 0.6 is 24.0 Å². The number of nitrogens with one attached hydrogen (secondary N) is 2. The Bertz CT molecular complexity index is 911. The minimum absolute atomic E-state index is 0. The van der Waals surface area contributed by atoms with Crippen molar-refractivity contribution in [3.63, 3.8) is 0 Å². The van der Waals surface area contributed by atoms with Crippen LogP contribution in [-0.4, -0.2) is 46.1 Å². The third kappa shape index (κ3) is 5.67. The maximum absolute atomic E-state index is 5.68. The van der Waals surface area contributed by atoms with Crippen molar-refractivity contribution in [2.24, 2.45) is 4.99 Å². The van der Waals surface area contributed by atoms with Gasteiger partial charge in [-0.3, -0.25) is 4.99 Å². The van der Waals surface area contributed by atoms with E-state index in [1.54, 1.807) is 0 Å². The molecule has 32 heavy (non-hydrogen) atoms. The zero-order valence-corrected chi connectivity index (χ0v) is 21.5. The number of hydrogen-bond donors (Lipinski definition) is 2. The van der Waals surface area contributed by atoms with Crippen LogP contribution in [0, 0.1) is 6.92 Å². The molecule has 4 rings (SSSR count). The van der Waals surface area contributed by atoms with Gasteiger partial charge in [-0.05, 0) is 48.9 Å². The first-order valence-corrected chi connectivity index (χ1v) is 11.1. The highest BCUT2D eigenvalue weighted by atomic mass is 127. The van der Waals surface area contributed by atoms with Gasteiger partial charge in [-0.25, -0.2) is 0 Å². The number of benzene rings is 2. The van der Waals surface area contributed by atoms with E-state index < -0.39 is 0 Å². The van der Waals surface area contributed by atoms with E-state index in [4.69, 9.17) is 14.2 Å². The summed E-state index contributed by atoms with van der Waals surface area (Å²) in [5.74, 6) is 2.87. The van der Waals surface area contributed by atoms with Gasteiger partial charge in [0.25, 0.3) is 0 Å². The van der Waals surface area contributed by atoms with Crippen LogP contribution in [0.2, 0.25) is 0 Å². The second kappa shape index (κ2) is 11.2. The number of hydrogen-bond acceptors (Lipinski definition) is 4. The molecular formula is C25H34IN3O3. The minimum atomic E-state index is -0.0284. The van der Waals surface area contributed by atoms with Crippen molar-refractivity contribution in [2.45, 2.75) is 38.0 Å². The molecule has 2 aromatic carbocycles. The lowest BCUT2D eigenvalue weighted by Crippen LogP contribution is -2.48. The Hall–Kier alpha value is -2.00. The van der Waals surface area contributed by atoms with Crippen LogP contribution in [0.4, 0.5) is 0 Å². The average molecular weight is 551 g/mol. The molecule has 174 valence electrons. The summed E-state index contributed by atoms with van der Waals surface area (Å²) in [6.45, 7) is 7.77. The second-order valence-electron chi connectivity index (χ2n) is 8.58. The van der Waals surface area contributed by atoms with Crippen LogP contribution < -0.4 is 20.1 Å². The molecule has 0 amide bonds. The molecule has 0 aromatic heterocycles. The number of ether oxygens (including phenoxy) is 3. The van der Waals surface area contributed by atoms with Crippen molar-refractivity contribution in [3.8, 4) is 11.5 Å². The zero-order valence-electron chi connectivity index (χ0n) is 19.1. The number of aliphatic imine (C=N–C) groups is 1. The number of halogens is 1. The molecule has 1 unspecified atom stereocenters. The van der Waals surface area contributed by atoms with Crippen molar-refractivity contribution < 1.29 is 14.2 Å². The molecule has 0 spiro atoms. The van der Waals surface area contributed by atoms with Gasteiger partial charge >= 0.3 is 0 Å².